The van der Waals surface area contributed by atoms with E-state index in [1.807, 2.05) is 6.92 Å². The Morgan fingerprint density at radius 1 is 1.44 bits per heavy atom. The summed E-state index contributed by atoms with van der Waals surface area (Å²) in [5.74, 6) is -0.547. The van der Waals surface area contributed by atoms with Crippen LogP contribution in [0.1, 0.15) is 19.0 Å². The van der Waals surface area contributed by atoms with Gasteiger partial charge in [-0.25, -0.2) is 9.97 Å². The van der Waals surface area contributed by atoms with E-state index in [1.54, 1.807) is 0 Å². The largest absolute Gasteiger partial charge is 0.433 e. The highest BCUT2D eigenvalue weighted by Gasteiger charge is 2.32. The Labute approximate surface area is 102 Å². The van der Waals surface area contributed by atoms with Crippen molar-refractivity contribution < 1.29 is 18.0 Å². The molecule has 0 spiro atoms. The molecule has 1 aromatic rings. The van der Waals surface area contributed by atoms with Crippen LogP contribution in [0.4, 0.5) is 19.1 Å². The summed E-state index contributed by atoms with van der Waals surface area (Å²) in [6, 6.07) is 0.766. The molecule has 0 aliphatic carbocycles. The standard InChI is InChI=1S/C10H13F3N4O/c1-2-4-14-8(18)6-16-9-15-5-3-7(17-9)10(11,12)13/h3,5H,2,4,6H2,1H3,(H,14,18)(H,15,16,17). The van der Waals surface area contributed by atoms with E-state index in [1.165, 1.54) is 0 Å². The van der Waals surface area contributed by atoms with Crippen LogP contribution in [0.3, 0.4) is 0 Å². The van der Waals surface area contributed by atoms with Gasteiger partial charge in [-0.2, -0.15) is 13.2 Å². The quantitative estimate of drug-likeness (QED) is 0.842. The minimum Gasteiger partial charge on any atom is -0.355 e. The SMILES string of the molecule is CCCNC(=O)CNc1nccc(C(F)(F)F)n1. The van der Waals surface area contributed by atoms with Gasteiger partial charge in [-0.3, -0.25) is 4.79 Å². The van der Waals surface area contributed by atoms with Gasteiger partial charge in [-0.15, -0.1) is 0 Å². The number of carbonyl (C=O) groups is 1. The third-order valence-electron chi connectivity index (χ3n) is 1.93. The summed E-state index contributed by atoms with van der Waals surface area (Å²) in [5.41, 5.74) is -1.05. The molecule has 0 radical (unpaired) electrons. The molecule has 0 atom stereocenters. The predicted molar refractivity (Wildman–Crippen MR) is 58.8 cm³/mol. The molecule has 0 aliphatic rings. The Hall–Kier alpha value is -1.86. The number of hydrogen-bond acceptors (Lipinski definition) is 4. The van der Waals surface area contributed by atoms with E-state index in [9.17, 15) is 18.0 Å². The van der Waals surface area contributed by atoms with Gasteiger partial charge >= 0.3 is 6.18 Å². The zero-order chi connectivity index (χ0) is 13.6. The van der Waals surface area contributed by atoms with E-state index >= 15 is 0 Å². The molecule has 0 saturated carbocycles. The van der Waals surface area contributed by atoms with Crippen LogP contribution in [0, 0.1) is 0 Å². The first-order valence-corrected chi connectivity index (χ1v) is 5.34. The summed E-state index contributed by atoms with van der Waals surface area (Å²) in [4.78, 5) is 18.1. The molecule has 0 bridgehead atoms. The normalized spacial score (nSPS) is 11.1. The maximum absolute atomic E-state index is 12.3. The van der Waals surface area contributed by atoms with Crippen molar-refractivity contribution in [2.24, 2.45) is 0 Å². The first-order valence-electron chi connectivity index (χ1n) is 5.34. The van der Waals surface area contributed by atoms with Gasteiger partial charge in [0.1, 0.15) is 5.69 Å². The van der Waals surface area contributed by atoms with E-state index in [-0.39, 0.29) is 18.4 Å². The number of halogens is 3. The second-order valence-electron chi connectivity index (χ2n) is 3.47. The topological polar surface area (TPSA) is 66.9 Å². The maximum atomic E-state index is 12.3. The first kappa shape index (κ1) is 14.2. The van der Waals surface area contributed by atoms with Crippen LogP contribution < -0.4 is 10.6 Å². The zero-order valence-corrected chi connectivity index (χ0v) is 9.71. The van der Waals surface area contributed by atoms with Gasteiger partial charge in [-0.1, -0.05) is 6.92 Å². The summed E-state index contributed by atoms with van der Waals surface area (Å²) in [7, 11) is 0. The van der Waals surface area contributed by atoms with Crippen molar-refractivity contribution in [2.45, 2.75) is 19.5 Å². The Balaban J connectivity index is 2.55. The second kappa shape index (κ2) is 6.18. The number of nitrogens with zero attached hydrogens (tertiary/aromatic N) is 2. The maximum Gasteiger partial charge on any atom is 0.433 e. The summed E-state index contributed by atoms with van der Waals surface area (Å²) in [6.07, 6.45) is -2.75. The lowest BCUT2D eigenvalue weighted by molar-refractivity contribution is -0.141. The van der Waals surface area contributed by atoms with Gasteiger partial charge in [0.15, 0.2) is 0 Å². The molecule has 18 heavy (non-hydrogen) atoms. The van der Waals surface area contributed by atoms with Gasteiger partial charge in [0.25, 0.3) is 0 Å². The van der Waals surface area contributed by atoms with E-state index in [0.717, 1.165) is 18.7 Å². The van der Waals surface area contributed by atoms with Crippen LogP contribution in [0.15, 0.2) is 12.3 Å². The number of anilines is 1. The molecule has 0 aliphatic heterocycles. The Morgan fingerprint density at radius 3 is 2.78 bits per heavy atom. The summed E-state index contributed by atoms with van der Waals surface area (Å²) < 4.78 is 37.0. The van der Waals surface area contributed by atoms with Crippen LogP contribution in [-0.4, -0.2) is 29.0 Å². The predicted octanol–water partition coefficient (Wildman–Crippen LogP) is 1.43. The fraction of sp³-hybridized carbons (Fsp3) is 0.500. The van der Waals surface area contributed by atoms with E-state index in [2.05, 4.69) is 20.6 Å². The highest BCUT2D eigenvalue weighted by Crippen LogP contribution is 2.27. The summed E-state index contributed by atoms with van der Waals surface area (Å²) >= 11 is 0. The average molecular weight is 262 g/mol. The average Bonchev–Trinajstić information content (AvgIpc) is 2.33. The van der Waals surface area contributed by atoms with E-state index < -0.39 is 11.9 Å². The van der Waals surface area contributed by atoms with Crippen molar-refractivity contribution in [1.29, 1.82) is 0 Å². The van der Waals surface area contributed by atoms with Crippen molar-refractivity contribution in [3.05, 3.63) is 18.0 Å². The number of hydrogen-bond donors (Lipinski definition) is 2. The zero-order valence-electron chi connectivity index (χ0n) is 9.71. The first-order chi connectivity index (χ1) is 8.43. The number of nitrogens with one attached hydrogen (secondary N) is 2. The number of aromatic nitrogens is 2. The van der Waals surface area contributed by atoms with Crippen LogP contribution in [0.25, 0.3) is 0 Å². The third-order valence-corrected chi connectivity index (χ3v) is 1.93. The Kier molecular flexibility index (Phi) is 4.87. The molecule has 8 heteroatoms. The van der Waals surface area contributed by atoms with Crippen molar-refractivity contribution in [3.63, 3.8) is 0 Å². The van der Waals surface area contributed by atoms with Gasteiger partial charge in [0.05, 0.1) is 6.54 Å². The molecule has 5 nitrogen and oxygen atoms in total. The van der Waals surface area contributed by atoms with Gasteiger partial charge in [0.2, 0.25) is 11.9 Å². The molecule has 1 heterocycles. The molecule has 1 amide bonds. The van der Waals surface area contributed by atoms with Gasteiger partial charge < -0.3 is 10.6 Å². The molecule has 2 N–H and O–H groups in total. The molecule has 0 fully saturated rings. The molecular weight excluding hydrogens is 249 g/mol. The fourth-order valence-electron chi connectivity index (χ4n) is 1.09. The number of rotatable bonds is 5. The molecule has 100 valence electrons. The Bertz CT molecular complexity index is 408. The number of alkyl halides is 3. The smallest absolute Gasteiger partial charge is 0.355 e. The Morgan fingerprint density at radius 2 is 2.17 bits per heavy atom. The van der Waals surface area contributed by atoms with Crippen LogP contribution in [0.2, 0.25) is 0 Å². The lowest BCUT2D eigenvalue weighted by Gasteiger charge is -2.08. The highest BCUT2D eigenvalue weighted by atomic mass is 19.4. The van der Waals surface area contributed by atoms with Crippen molar-refractivity contribution >= 4 is 11.9 Å². The van der Waals surface area contributed by atoms with Crippen molar-refractivity contribution in [1.82, 2.24) is 15.3 Å². The van der Waals surface area contributed by atoms with Gasteiger partial charge in [-0.05, 0) is 12.5 Å². The van der Waals surface area contributed by atoms with Gasteiger partial charge in [0, 0.05) is 12.7 Å². The highest BCUT2D eigenvalue weighted by molar-refractivity contribution is 5.80. The van der Waals surface area contributed by atoms with E-state index in [4.69, 9.17) is 0 Å². The minimum absolute atomic E-state index is 0.165. The number of amides is 1. The fourth-order valence-corrected chi connectivity index (χ4v) is 1.09. The second-order valence-corrected chi connectivity index (χ2v) is 3.47. The van der Waals surface area contributed by atoms with Crippen molar-refractivity contribution in [3.8, 4) is 0 Å². The third kappa shape index (κ3) is 4.56. The van der Waals surface area contributed by atoms with Crippen LogP contribution in [0.5, 0.6) is 0 Å². The van der Waals surface area contributed by atoms with Crippen LogP contribution >= 0.6 is 0 Å². The monoisotopic (exact) mass is 262 g/mol. The molecule has 0 aromatic carbocycles. The summed E-state index contributed by atoms with van der Waals surface area (Å²) in [6.45, 7) is 2.24. The molecular formula is C10H13F3N4O. The lowest BCUT2D eigenvalue weighted by atomic mass is 10.4. The molecule has 0 saturated heterocycles. The van der Waals surface area contributed by atoms with Crippen molar-refractivity contribution in [2.75, 3.05) is 18.4 Å². The lowest BCUT2D eigenvalue weighted by Crippen LogP contribution is -2.30. The molecule has 0 unspecified atom stereocenters. The van der Waals surface area contributed by atoms with E-state index in [0.29, 0.717) is 6.54 Å². The summed E-state index contributed by atoms with van der Waals surface area (Å²) in [5, 5.41) is 5.00. The number of carbonyl (C=O) groups excluding carboxylic acids is 1. The van der Waals surface area contributed by atoms with Crippen LogP contribution in [-0.2, 0) is 11.0 Å². The molecule has 1 aromatic heterocycles. The molecule has 1 rings (SSSR count). The minimum atomic E-state index is -4.52.